The molecular weight excluding hydrogens is 328 g/mol. The zero-order valence-electron chi connectivity index (χ0n) is 11.5. The molecule has 104 valence electrons. The van der Waals surface area contributed by atoms with Crippen molar-refractivity contribution >= 4 is 15.9 Å². The van der Waals surface area contributed by atoms with E-state index in [0.29, 0.717) is 0 Å². The summed E-state index contributed by atoms with van der Waals surface area (Å²) in [6, 6.07) is 19.6. The number of nitrogens with zero attached hydrogens (tertiary/aromatic N) is 2. The van der Waals surface area contributed by atoms with Gasteiger partial charge in [0.2, 0.25) is 0 Å². The van der Waals surface area contributed by atoms with Crippen molar-refractivity contribution in [1.82, 2.24) is 9.78 Å². The first-order valence-electron chi connectivity index (χ1n) is 6.54. The lowest BCUT2D eigenvalue weighted by Gasteiger charge is -2.05. The average molecular weight is 341 g/mol. The van der Waals surface area contributed by atoms with E-state index in [-0.39, 0.29) is 5.56 Å². The Morgan fingerprint density at radius 2 is 1.33 bits per heavy atom. The molecule has 0 saturated carbocycles. The fourth-order valence-corrected chi connectivity index (χ4v) is 2.40. The van der Waals surface area contributed by atoms with Crippen LogP contribution < -0.4 is 5.56 Å². The molecule has 0 N–H and O–H groups in total. The summed E-state index contributed by atoms with van der Waals surface area (Å²) in [5.41, 5.74) is 3.99. The fourth-order valence-electron chi connectivity index (χ4n) is 2.13. The maximum absolute atomic E-state index is 11.4. The third kappa shape index (κ3) is 2.95. The van der Waals surface area contributed by atoms with Crippen molar-refractivity contribution in [2.24, 2.45) is 7.05 Å². The monoisotopic (exact) mass is 340 g/mol. The van der Waals surface area contributed by atoms with Gasteiger partial charge in [-0.2, -0.15) is 5.10 Å². The highest BCUT2D eigenvalue weighted by Gasteiger charge is 2.03. The van der Waals surface area contributed by atoms with Gasteiger partial charge in [-0.3, -0.25) is 4.79 Å². The Bertz CT molecular complexity index is 821. The quantitative estimate of drug-likeness (QED) is 0.709. The molecule has 0 radical (unpaired) electrons. The van der Waals surface area contributed by atoms with E-state index in [2.05, 4.69) is 45.3 Å². The molecule has 0 unspecified atom stereocenters. The first-order valence-corrected chi connectivity index (χ1v) is 7.33. The normalized spacial score (nSPS) is 10.6. The maximum Gasteiger partial charge on any atom is 0.266 e. The van der Waals surface area contributed by atoms with E-state index in [1.165, 1.54) is 10.7 Å². The van der Waals surface area contributed by atoms with Crippen molar-refractivity contribution in [3.8, 4) is 22.4 Å². The van der Waals surface area contributed by atoms with Crippen LogP contribution in [0.5, 0.6) is 0 Å². The minimum atomic E-state index is -0.106. The molecule has 0 saturated heterocycles. The molecule has 0 bridgehead atoms. The van der Waals surface area contributed by atoms with E-state index in [4.69, 9.17) is 0 Å². The summed E-state index contributed by atoms with van der Waals surface area (Å²) in [5, 5.41) is 4.25. The van der Waals surface area contributed by atoms with Crippen LogP contribution in [-0.4, -0.2) is 9.78 Å². The number of aromatic nitrogens is 2. The molecule has 0 aliphatic rings. The lowest BCUT2D eigenvalue weighted by atomic mass is 10.0. The summed E-state index contributed by atoms with van der Waals surface area (Å²) in [4.78, 5) is 11.4. The second-order valence-electron chi connectivity index (χ2n) is 4.76. The van der Waals surface area contributed by atoms with Crippen molar-refractivity contribution in [3.63, 3.8) is 0 Å². The molecule has 0 aliphatic carbocycles. The molecule has 3 nitrogen and oxygen atoms in total. The van der Waals surface area contributed by atoms with Gasteiger partial charge in [0.05, 0.1) is 5.69 Å². The van der Waals surface area contributed by atoms with Crippen LogP contribution in [0, 0.1) is 0 Å². The molecule has 0 aliphatic heterocycles. The Hall–Kier alpha value is -2.20. The van der Waals surface area contributed by atoms with E-state index < -0.39 is 0 Å². The van der Waals surface area contributed by atoms with Crippen LogP contribution in [0.25, 0.3) is 22.4 Å². The van der Waals surface area contributed by atoms with Crippen LogP contribution in [0.2, 0.25) is 0 Å². The summed E-state index contributed by atoms with van der Waals surface area (Å²) in [7, 11) is 1.65. The first-order chi connectivity index (χ1) is 10.1. The number of rotatable bonds is 2. The van der Waals surface area contributed by atoms with Gasteiger partial charge < -0.3 is 0 Å². The van der Waals surface area contributed by atoms with Gasteiger partial charge in [-0.15, -0.1) is 0 Å². The van der Waals surface area contributed by atoms with E-state index in [1.807, 2.05) is 24.3 Å². The summed E-state index contributed by atoms with van der Waals surface area (Å²) in [6.45, 7) is 0. The standard InChI is InChI=1S/C17H13BrN2O/c1-20-17(21)11-10-16(19-20)14-4-2-12(3-5-14)13-6-8-15(18)9-7-13/h2-11H,1H3. The third-order valence-electron chi connectivity index (χ3n) is 3.32. The van der Waals surface area contributed by atoms with Crippen LogP contribution in [0.4, 0.5) is 0 Å². The molecule has 1 heterocycles. The molecule has 2 aromatic carbocycles. The Kier molecular flexibility index (Phi) is 3.71. The van der Waals surface area contributed by atoms with E-state index in [1.54, 1.807) is 13.1 Å². The molecule has 0 spiro atoms. The lowest BCUT2D eigenvalue weighted by Crippen LogP contribution is -2.18. The van der Waals surface area contributed by atoms with Gasteiger partial charge in [-0.25, -0.2) is 4.68 Å². The fraction of sp³-hybridized carbons (Fsp3) is 0.0588. The molecule has 0 atom stereocenters. The van der Waals surface area contributed by atoms with Crippen molar-refractivity contribution in [2.45, 2.75) is 0 Å². The van der Waals surface area contributed by atoms with Gasteiger partial charge in [0.1, 0.15) is 0 Å². The van der Waals surface area contributed by atoms with Crippen LogP contribution >= 0.6 is 15.9 Å². The predicted molar refractivity (Wildman–Crippen MR) is 88.1 cm³/mol. The first kappa shape index (κ1) is 13.8. The lowest BCUT2D eigenvalue weighted by molar-refractivity contribution is 0.712. The largest absolute Gasteiger partial charge is 0.268 e. The second-order valence-corrected chi connectivity index (χ2v) is 5.68. The minimum absolute atomic E-state index is 0.106. The number of aryl methyl sites for hydroxylation is 1. The highest BCUT2D eigenvalue weighted by molar-refractivity contribution is 9.10. The van der Waals surface area contributed by atoms with Crippen molar-refractivity contribution < 1.29 is 0 Å². The molecule has 0 amide bonds. The van der Waals surface area contributed by atoms with Crippen LogP contribution in [0.15, 0.2) is 69.9 Å². The van der Waals surface area contributed by atoms with Gasteiger partial charge in [0.15, 0.2) is 0 Å². The maximum atomic E-state index is 11.4. The van der Waals surface area contributed by atoms with E-state index in [9.17, 15) is 4.79 Å². The molecule has 3 rings (SSSR count). The molecule has 3 aromatic rings. The van der Waals surface area contributed by atoms with E-state index in [0.717, 1.165) is 26.9 Å². The van der Waals surface area contributed by atoms with Crippen molar-refractivity contribution in [2.75, 3.05) is 0 Å². The number of benzene rings is 2. The summed E-state index contributed by atoms with van der Waals surface area (Å²) < 4.78 is 2.41. The summed E-state index contributed by atoms with van der Waals surface area (Å²) in [6.07, 6.45) is 0. The average Bonchev–Trinajstić information content (AvgIpc) is 2.51. The zero-order valence-corrected chi connectivity index (χ0v) is 13.0. The SMILES string of the molecule is Cn1nc(-c2ccc(-c3ccc(Br)cc3)cc2)ccc1=O. The van der Waals surface area contributed by atoms with Crippen LogP contribution in [-0.2, 0) is 7.05 Å². The van der Waals surface area contributed by atoms with Crippen LogP contribution in [0.1, 0.15) is 0 Å². The number of halogens is 1. The summed E-state index contributed by atoms with van der Waals surface area (Å²) in [5.74, 6) is 0. The Morgan fingerprint density at radius 1 is 0.810 bits per heavy atom. The minimum Gasteiger partial charge on any atom is -0.268 e. The molecule has 1 aromatic heterocycles. The third-order valence-corrected chi connectivity index (χ3v) is 3.85. The van der Waals surface area contributed by atoms with Gasteiger partial charge in [-0.05, 0) is 29.3 Å². The highest BCUT2D eigenvalue weighted by Crippen LogP contribution is 2.24. The number of hydrogen-bond donors (Lipinski definition) is 0. The van der Waals surface area contributed by atoms with Gasteiger partial charge >= 0.3 is 0 Å². The zero-order chi connectivity index (χ0) is 14.8. The topological polar surface area (TPSA) is 34.9 Å². The molecule has 21 heavy (non-hydrogen) atoms. The van der Waals surface area contributed by atoms with E-state index >= 15 is 0 Å². The van der Waals surface area contributed by atoms with Crippen LogP contribution in [0.3, 0.4) is 0 Å². The van der Waals surface area contributed by atoms with Crippen molar-refractivity contribution in [3.05, 3.63) is 75.5 Å². The number of hydrogen-bond acceptors (Lipinski definition) is 2. The van der Waals surface area contributed by atoms with Gasteiger partial charge in [-0.1, -0.05) is 52.3 Å². The molecular formula is C17H13BrN2O. The summed E-state index contributed by atoms with van der Waals surface area (Å²) >= 11 is 3.44. The van der Waals surface area contributed by atoms with Gasteiger partial charge in [0.25, 0.3) is 5.56 Å². The molecule has 4 heteroatoms. The highest BCUT2D eigenvalue weighted by atomic mass is 79.9. The Balaban J connectivity index is 1.95. The predicted octanol–water partition coefficient (Wildman–Crippen LogP) is 3.88. The second kappa shape index (κ2) is 5.66. The smallest absolute Gasteiger partial charge is 0.266 e. The Morgan fingerprint density at radius 3 is 1.90 bits per heavy atom. The molecule has 0 fully saturated rings. The Labute approximate surface area is 131 Å². The van der Waals surface area contributed by atoms with Gasteiger partial charge in [0, 0.05) is 23.2 Å². The van der Waals surface area contributed by atoms with Crippen molar-refractivity contribution in [1.29, 1.82) is 0 Å².